The standard InChI is InChI=1S/C19H18IN5/c20-14-7-9-15(10-8-14)24-18-17(21)19(23-12-22-18)25-11-3-5-13-4-1-2-6-16(13)25/h1-2,4,6-10,12H,3,5,11,21H2,(H,22,23,24). The number of hydrogen-bond donors (Lipinski definition) is 2. The van der Waals surface area contributed by atoms with Crippen molar-refractivity contribution in [3.8, 4) is 0 Å². The number of aromatic nitrogens is 2. The molecule has 2 aromatic carbocycles. The van der Waals surface area contributed by atoms with E-state index in [2.05, 4.69) is 67.0 Å². The van der Waals surface area contributed by atoms with Crippen LogP contribution in [0.15, 0.2) is 54.9 Å². The molecular formula is C19H18IN5. The highest BCUT2D eigenvalue weighted by atomic mass is 127. The van der Waals surface area contributed by atoms with E-state index in [1.165, 1.54) is 14.8 Å². The molecule has 0 spiro atoms. The molecule has 0 atom stereocenters. The maximum absolute atomic E-state index is 6.42. The molecule has 1 aliphatic heterocycles. The van der Waals surface area contributed by atoms with Crippen molar-refractivity contribution in [3.63, 3.8) is 0 Å². The summed E-state index contributed by atoms with van der Waals surface area (Å²) in [6, 6.07) is 16.5. The van der Waals surface area contributed by atoms with Gasteiger partial charge in [-0.3, -0.25) is 0 Å². The van der Waals surface area contributed by atoms with Crippen LogP contribution in [0.2, 0.25) is 0 Å². The van der Waals surface area contributed by atoms with E-state index in [-0.39, 0.29) is 0 Å². The number of aryl methyl sites for hydroxylation is 1. The fraction of sp³-hybridized carbons (Fsp3) is 0.158. The third kappa shape index (κ3) is 3.26. The van der Waals surface area contributed by atoms with Crippen LogP contribution in [-0.4, -0.2) is 16.5 Å². The second-order valence-corrected chi connectivity index (χ2v) is 7.22. The number of rotatable bonds is 3. The molecule has 0 unspecified atom stereocenters. The van der Waals surface area contributed by atoms with E-state index < -0.39 is 0 Å². The molecule has 0 bridgehead atoms. The Kier molecular flexibility index (Phi) is 4.44. The predicted molar refractivity (Wildman–Crippen MR) is 111 cm³/mol. The van der Waals surface area contributed by atoms with Crippen LogP contribution in [0.25, 0.3) is 0 Å². The van der Waals surface area contributed by atoms with Gasteiger partial charge in [0.15, 0.2) is 11.6 Å². The molecule has 1 aromatic heterocycles. The number of nitrogens with one attached hydrogen (secondary N) is 1. The third-order valence-corrected chi connectivity index (χ3v) is 5.05. The number of fused-ring (bicyclic) bond motifs is 1. The lowest BCUT2D eigenvalue weighted by Gasteiger charge is -2.31. The normalized spacial score (nSPS) is 13.4. The minimum atomic E-state index is 0.567. The summed E-state index contributed by atoms with van der Waals surface area (Å²) in [7, 11) is 0. The first-order valence-electron chi connectivity index (χ1n) is 8.21. The van der Waals surface area contributed by atoms with Crippen LogP contribution in [0.1, 0.15) is 12.0 Å². The van der Waals surface area contributed by atoms with Crippen molar-refractivity contribution in [2.24, 2.45) is 0 Å². The number of benzene rings is 2. The molecule has 25 heavy (non-hydrogen) atoms. The summed E-state index contributed by atoms with van der Waals surface area (Å²) in [4.78, 5) is 11.0. The molecule has 0 saturated heterocycles. The molecular weight excluding hydrogens is 425 g/mol. The molecule has 5 nitrogen and oxygen atoms in total. The van der Waals surface area contributed by atoms with Crippen molar-refractivity contribution in [1.29, 1.82) is 0 Å². The first kappa shape index (κ1) is 16.1. The van der Waals surface area contributed by atoms with Gasteiger partial charge in [0, 0.05) is 21.5 Å². The second kappa shape index (κ2) is 6.87. The van der Waals surface area contributed by atoms with Gasteiger partial charge in [0.1, 0.15) is 12.0 Å². The summed E-state index contributed by atoms with van der Waals surface area (Å²) < 4.78 is 1.18. The van der Waals surface area contributed by atoms with Gasteiger partial charge in [-0.2, -0.15) is 0 Å². The second-order valence-electron chi connectivity index (χ2n) is 5.98. The molecule has 0 radical (unpaired) electrons. The van der Waals surface area contributed by atoms with Gasteiger partial charge < -0.3 is 16.0 Å². The zero-order chi connectivity index (χ0) is 17.2. The van der Waals surface area contributed by atoms with Crippen molar-refractivity contribution >= 4 is 51.3 Å². The highest BCUT2D eigenvalue weighted by Gasteiger charge is 2.22. The zero-order valence-electron chi connectivity index (χ0n) is 13.6. The van der Waals surface area contributed by atoms with E-state index in [0.29, 0.717) is 11.5 Å². The summed E-state index contributed by atoms with van der Waals surface area (Å²) in [6.45, 7) is 0.904. The Morgan fingerprint density at radius 3 is 2.68 bits per heavy atom. The quantitative estimate of drug-likeness (QED) is 0.584. The Balaban J connectivity index is 1.69. The Bertz CT molecular complexity index is 895. The van der Waals surface area contributed by atoms with Gasteiger partial charge >= 0.3 is 0 Å². The lowest BCUT2D eigenvalue weighted by Crippen LogP contribution is -2.26. The summed E-state index contributed by atoms with van der Waals surface area (Å²) in [5.74, 6) is 1.39. The number of para-hydroxylation sites is 1. The van der Waals surface area contributed by atoms with E-state index in [0.717, 1.165) is 30.9 Å². The molecule has 0 amide bonds. The van der Waals surface area contributed by atoms with Crippen molar-refractivity contribution in [1.82, 2.24) is 9.97 Å². The topological polar surface area (TPSA) is 67.1 Å². The average molecular weight is 443 g/mol. The zero-order valence-corrected chi connectivity index (χ0v) is 15.8. The summed E-state index contributed by atoms with van der Waals surface area (Å²) in [5.41, 5.74) is 10.5. The predicted octanol–water partition coefficient (Wildman–Crippen LogP) is 4.49. The molecule has 4 rings (SSSR count). The largest absolute Gasteiger partial charge is 0.393 e. The number of nitrogens with two attached hydrogens (primary N) is 1. The number of halogens is 1. The monoisotopic (exact) mass is 443 g/mol. The Morgan fingerprint density at radius 2 is 1.84 bits per heavy atom. The van der Waals surface area contributed by atoms with Crippen LogP contribution in [0.3, 0.4) is 0 Å². The minimum absolute atomic E-state index is 0.567. The van der Waals surface area contributed by atoms with Gasteiger partial charge in [-0.05, 0) is 71.3 Å². The smallest absolute Gasteiger partial charge is 0.161 e. The molecule has 3 aromatic rings. The molecule has 0 saturated carbocycles. The van der Waals surface area contributed by atoms with Crippen LogP contribution >= 0.6 is 22.6 Å². The Labute approximate surface area is 160 Å². The first-order valence-corrected chi connectivity index (χ1v) is 9.29. The lowest BCUT2D eigenvalue weighted by molar-refractivity contribution is 0.759. The van der Waals surface area contributed by atoms with Crippen molar-refractivity contribution in [3.05, 3.63) is 64.0 Å². The Hall–Kier alpha value is -2.35. The summed E-state index contributed by atoms with van der Waals surface area (Å²) in [6.07, 6.45) is 3.74. The van der Waals surface area contributed by atoms with Crippen LogP contribution in [0.5, 0.6) is 0 Å². The van der Waals surface area contributed by atoms with Gasteiger partial charge in [0.2, 0.25) is 0 Å². The molecule has 2 heterocycles. The van der Waals surface area contributed by atoms with Crippen LogP contribution in [-0.2, 0) is 6.42 Å². The average Bonchev–Trinajstić information content (AvgIpc) is 2.65. The Morgan fingerprint density at radius 1 is 1.04 bits per heavy atom. The van der Waals surface area contributed by atoms with Gasteiger partial charge in [0.25, 0.3) is 0 Å². The van der Waals surface area contributed by atoms with Crippen LogP contribution in [0.4, 0.5) is 28.7 Å². The van der Waals surface area contributed by atoms with E-state index in [4.69, 9.17) is 5.73 Å². The third-order valence-electron chi connectivity index (χ3n) is 4.34. The molecule has 3 N–H and O–H groups in total. The highest BCUT2D eigenvalue weighted by molar-refractivity contribution is 14.1. The highest BCUT2D eigenvalue weighted by Crippen LogP contribution is 2.37. The number of hydrogen-bond acceptors (Lipinski definition) is 5. The minimum Gasteiger partial charge on any atom is -0.393 e. The molecule has 126 valence electrons. The van der Waals surface area contributed by atoms with E-state index >= 15 is 0 Å². The molecule has 6 heteroatoms. The van der Waals surface area contributed by atoms with Gasteiger partial charge in [-0.1, -0.05) is 18.2 Å². The van der Waals surface area contributed by atoms with Crippen molar-refractivity contribution in [2.75, 3.05) is 22.5 Å². The SMILES string of the molecule is Nc1c(Nc2ccc(I)cc2)ncnc1N1CCCc2ccccc21. The van der Waals surface area contributed by atoms with Gasteiger partial charge in [-0.15, -0.1) is 0 Å². The van der Waals surface area contributed by atoms with Gasteiger partial charge in [0.05, 0.1) is 0 Å². The number of nitrogen functional groups attached to an aromatic ring is 1. The first-order chi connectivity index (χ1) is 12.2. The number of nitrogens with zero attached hydrogens (tertiary/aromatic N) is 3. The summed E-state index contributed by atoms with van der Waals surface area (Å²) >= 11 is 2.28. The maximum Gasteiger partial charge on any atom is 0.161 e. The van der Waals surface area contributed by atoms with Gasteiger partial charge in [-0.25, -0.2) is 9.97 Å². The lowest BCUT2D eigenvalue weighted by atomic mass is 10.0. The maximum atomic E-state index is 6.42. The van der Waals surface area contributed by atoms with E-state index in [9.17, 15) is 0 Å². The van der Waals surface area contributed by atoms with Crippen molar-refractivity contribution in [2.45, 2.75) is 12.8 Å². The van der Waals surface area contributed by atoms with Crippen LogP contribution in [0, 0.1) is 3.57 Å². The van der Waals surface area contributed by atoms with Crippen molar-refractivity contribution < 1.29 is 0 Å². The fourth-order valence-corrected chi connectivity index (χ4v) is 3.48. The summed E-state index contributed by atoms with van der Waals surface area (Å²) in [5, 5.41) is 3.30. The fourth-order valence-electron chi connectivity index (χ4n) is 3.12. The van der Waals surface area contributed by atoms with Crippen LogP contribution < -0.4 is 16.0 Å². The number of anilines is 5. The van der Waals surface area contributed by atoms with E-state index in [1.807, 2.05) is 24.3 Å². The molecule has 1 aliphatic rings. The molecule has 0 aliphatic carbocycles. The van der Waals surface area contributed by atoms with E-state index in [1.54, 1.807) is 6.33 Å². The molecule has 0 fully saturated rings.